The molecule has 0 radical (unpaired) electrons. The SMILES string of the molecule is CNC1CCN(c2ncc(-c3ccc(-c4ncns4)cc3O)nn2)C1.Cl.Cl. The largest absolute Gasteiger partial charge is 0.507 e. The second-order valence-electron chi connectivity index (χ2n) is 5.84. The molecule has 1 fully saturated rings. The first-order valence-electron chi connectivity index (χ1n) is 7.97. The molecule has 1 unspecified atom stereocenters. The van der Waals surface area contributed by atoms with Crippen LogP contribution in [0.1, 0.15) is 6.42 Å². The molecular weight excluding hydrogens is 409 g/mol. The van der Waals surface area contributed by atoms with Gasteiger partial charge in [-0.15, -0.1) is 35.0 Å². The van der Waals surface area contributed by atoms with Gasteiger partial charge in [-0.05, 0) is 37.1 Å². The van der Waals surface area contributed by atoms with Crippen LogP contribution in [0.25, 0.3) is 21.8 Å². The van der Waals surface area contributed by atoms with Crippen LogP contribution in [0.5, 0.6) is 5.75 Å². The highest BCUT2D eigenvalue weighted by atomic mass is 35.5. The van der Waals surface area contributed by atoms with Gasteiger partial charge in [0.1, 0.15) is 22.8 Å². The van der Waals surface area contributed by atoms with Crippen molar-refractivity contribution in [3.8, 4) is 27.6 Å². The number of aromatic hydroxyl groups is 1. The van der Waals surface area contributed by atoms with E-state index < -0.39 is 0 Å². The summed E-state index contributed by atoms with van der Waals surface area (Å²) in [4.78, 5) is 10.7. The van der Waals surface area contributed by atoms with Crippen LogP contribution in [0.4, 0.5) is 5.95 Å². The molecule has 4 rings (SSSR count). The summed E-state index contributed by atoms with van der Waals surface area (Å²) in [5.74, 6) is 0.736. The zero-order valence-electron chi connectivity index (χ0n) is 14.4. The summed E-state index contributed by atoms with van der Waals surface area (Å²) in [7, 11) is 1.96. The van der Waals surface area contributed by atoms with Gasteiger partial charge in [-0.25, -0.2) is 9.97 Å². The van der Waals surface area contributed by atoms with Gasteiger partial charge in [0, 0.05) is 30.3 Å². The minimum Gasteiger partial charge on any atom is -0.507 e. The Morgan fingerprint density at radius 1 is 1.22 bits per heavy atom. The van der Waals surface area contributed by atoms with Gasteiger partial charge < -0.3 is 15.3 Å². The van der Waals surface area contributed by atoms with Crippen LogP contribution in [0, 0.1) is 0 Å². The molecule has 1 aromatic carbocycles. The lowest BCUT2D eigenvalue weighted by Gasteiger charge is -2.15. The molecule has 1 aliphatic heterocycles. The Morgan fingerprint density at radius 3 is 2.67 bits per heavy atom. The van der Waals surface area contributed by atoms with E-state index in [9.17, 15) is 5.11 Å². The third-order valence-electron chi connectivity index (χ3n) is 4.31. The van der Waals surface area contributed by atoms with E-state index in [0.717, 1.165) is 30.1 Å². The predicted molar refractivity (Wildman–Crippen MR) is 110 cm³/mol. The van der Waals surface area contributed by atoms with Crippen LogP contribution in [0.2, 0.25) is 0 Å². The molecule has 0 bridgehead atoms. The maximum atomic E-state index is 10.3. The molecule has 2 aromatic heterocycles. The lowest BCUT2D eigenvalue weighted by atomic mass is 10.1. The fourth-order valence-corrected chi connectivity index (χ4v) is 3.42. The van der Waals surface area contributed by atoms with Crippen LogP contribution in [0.15, 0.2) is 30.7 Å². The summed E-state index contributed by atoms with van der Waals surface area (Å²) in [6.45, 7) is 1.79. The van der Waals surface area contributed by atoms with Gasteiger partial charge in [0.15, 0.2) is 0 Å². The van der Waals surface area contributed by atoms with Crippen molar-refractivity contribution in [3.63, 3.8) is 0 Å². The molecule has 1 saturated heterocycles. The highest BCUT2D eigenvalue weighted by Gasteiger charge is 2.23. The maximum Gasteiger partial charge on any atom is 0.245 e. The molecule has 0 aliphatic carbocycles. The number of nitrogens with zero attached hydrogens (tertiary/aromatic N) is 6. The topological polar surface area (TPSA) is 100.0 Å². The molecule has 3 aromatic rings. The first-order chi connectivity index (χ1) is 12.2. The van der Waals surface area contributed by atoms with Gasteiger partial charge in [-0.3, -0.25) is 0 Å². The van der Waals surface area contributed by atoms with E-state index in [2.05, 4.69) is 34.8 Å². The van der Waals surface area contributed by atoms with Crippen LogP contribution in [-0.4, -0.2) is 55.8 Å². The summed E-state index contributed by atoms with van der Waals surface area (Å²) in [5, 5.41) is 22.8. The number of anilines is 1. The number of benzene rings is 1. The number of likely N-dealkylation sites (N-methyl/N-ethyl adjacent to an activating group) is 1. The van der Waals surface area contributed by atoms with Crippen molar-refractivity contribution in [1.29, 1.82) is 0 Å². The monoisotopic (exact) mass is 427 g/mol. The van der Waals surface area contributed by atoms with Crippen molar-refractivity contribution >= 4 is 42.3 Å². The number of halogens is 2. The third-order valence-corrected chi connectivity index (χ3v) is 5.02. The molecule has 1 aliphatic rings. The Labute approximate surface area is 173 Å². The molecule has 27 heavy (non-hydrogen) atoms. The second-order valence-corrected chi connectivity index (χ2v) is 6.62. The number of phenols is 1. The van der Waals surface area contributed by atoms with E-state index in [-0.39, 0.29) is 30.6 Å². The fourth-order valence-electron chi connectivity index (χ4n) is 2.90. The van der Waals surface area contributed by atoms with Gasteiger partial charge in [-0.2, -0.15) is 4.37 Å². The molecule has 0 spiro atoms. The third kappa shape index (κ3) is 4.44. The quantitative estimate of drug-likeness (QED) is 0.654. The first-order valence-corrected chi connectivity index (χ1v) is 8.74. The minimum absolute atomic E-state index is 0. The lowest BCUT2D eigenvalue weighted by molar-refractivity contribution is 0.477. The highest BCUT2D eigenvalue weighted by Crippen LogP contribution is 2.32. The van der Waals surface area contributed by atoms with E-state index in [4.69, 9.17) is 0 Å². The van der Waals surface area contributed by atoms with Crippen LogP contribution >= 0.6 is 36.3 Å². The van der Waals surface area contributed by atoms with Crippen molar-refractivity contribution in [2.24, 2.45) is 0 Å². The summed E-state index contributed by atoms with van der Waals surface area (Å²) in [6.07, 6.45) is 4.21. The Balaban J connectivity index is 0.00000131. The average Bonchev–Trinajstić information content (AvgIpc) is 3.34. The predicted octanol–water partition coefficient (Wildman–Crippen LogP) is 2.40. The van der Waals surface area contributed by atoms with E-state index >= 15 is 0 Å². The number of hydrogen-bond donors (Lipinski definition) is 2. The number of hydrogen-bond acceptors (Lipinski definition) is 9. The minimum atomic E-state index is 0. The zero-order chi connectivity index (χ0) is 17.2. The van der Waals surface area contributed by atoms with Crippen molar-refractivity contribution in [1.82, 2.24) is 29.9 Å². The summed E-state index contributed by atoms with van der Waals surface area (Å²) in [6, 6.07) is 5.79. The Kier molecular flexibility index (Phi) is 7.25. The Hall–Kier alpha value is -2.07. The molecule has 144 valence electrons. The van der Waals surface area contributed by atoms with Gasteiger partial charge in [0.25, 0.3) is 0 Å². The standard InChI is InChI=1S/C16H17N7OS.2ClH/c1-17-11-4-5-23(8-11)16-18-7-13(21-22-16)12-3-2-10(6-14(12)24)15-19-9-20-25-15;;/h2-3,6-7,9,11,17,24H,4-5,8H2,1H3;2*1H. The molecule has 2 N–H and O–H groups in total. The number of nitrogens with one attached hydrogen (secondary N) is 1. The molecule has 11 heteroatoms. The maximum absolute atomic E-state index is 10.3. The summed E-state index contributed by atoms with van der Waals surface area (Å²) < 4.78 is 3.98. The number of rotatable bonds is 4. The Morgan fingerprint density at radius 2 is 2.07 bits per heavy atom. The van der Waals surface area contributed by atoms with E-state index in [1.165, 1.54) is 17.9 Å². The van der Waals surface area contributed by atoms with Crippen LogP contribution in [-0.2, 0) is 0 Å². The number of phenolic OH excluding ortho intramolecular Hbond substituents is 1. The highest BCUT2D eigenvalue weighted by molar-refractivity contribution is 7.09. The van der Waals surface area contributed by atoms with Gasteiger partial charge in [0.05, 0.1) is 6.20 Å². The summed E-state index contributed by atoms with van der Waals surface area (Å²) in [5.41, 5.74) is 1.94. The fraction of sp³-hybridized carbons (Fsp3) is 0.312. The smallest absolute Gasteiger partial charge is 0.245 e. The van der Waals surface area contributed by atoms with Gasteiger partial charge >= 0.3 is 0 Å². The normalized spacial score (nSPS) is 15.9. The van der Waals surface area contributed by atoms with Gasteiger partial charge in [-0.1, -0.05) is 6.07 Å². The van der Waals surface area contributed by atoms with Crippen LogP contribution < -0.4 is 10.2 Å². The van der Waals surface area contributed by atoms with Crippen molar-refractivity contribution in [2.45, 2.75) is 12.5 Å². The van der Waals surface area contributed by atoms with E-state index in [1.54, 1.807) is 18.3 Å². The lowest BCUT2D eigenvalue weighted by Crippen LogP contribution is -2.30. The van der Waals surface area contributed by atoms with Gasteiger partial charge in [0.2, 0.25) is 5.95 Å². The zero-order valence-corrected chi connectivity index (χ0v) is 16.9. The van der Waals surface area contributed by atoms with Crippen LogP contribution in [0.3, 0.4) is 0 Å². The van der Waals surface area contributed by atoms with E-state index in [0.29, 0.717) is 23.2 Å². The molecule has 0 saturated carbocycles. The van der Waals surface area contributed by atoms with Crippen molar-refractivity contribution in [3.05, 3.63) is 30.7 Å². The molecule has 0 amide bonds. The molecule has 8 nitrogen and oxygen atoms in total. The number of aromatic nitrogens is 5. The molecular formula is C16H19Cl2N7OS. The first kappa shape index (κ1) is 21.2. The van der Waals surface area contributed by atoms with E-state index in [1.807, 2.05) is 13.1 Å². The second kappa shape index (κ2) is 9.23. The Bertz CT molecular complexity index is 864. The van der Waals surface area contributed by atoms with Crippen molar-refractivity contribution < 1.29 is 5.11 Å². The van der Waals surface area contributed by atoms with Crippen molar-refractivity contribution in [2.75, 3.05) is 25.0 Å². The average molecular weight is 428 g/mol. The molecule has 1 atom stereocenters. The molecule has 3 heterocycles. The summed E-state index contributed by atoms with van der Waals surface area (Å²) >= 11 is 1.28.